The molecule has 6 nitrogen and oxygen atoms in total. The Hall–Kier alpha value is -2.94. The molecule has 0 radical (unpaired) electrons. The maximum absolute atomic E-state index is 14.1. The number of aryl methyl sites for hydroxylation is 2. The molecule has 0 saturated carbocycles. The molecule has 0 fully saturated rings. The number of thiophene rings is 1. The van der Waals surface area contributed by atoms with Crippen LogP contribution in [0.3, 0.4) is 0 Å². The zero-order valence-corrected chi connectivity index (χ0v) is 22.2. The van der Waals surface area contributed by atoms with Crippen molar-refractivity contribution in [1.82, 2.24) is 19.2 Å². The van der Waals surface area contributed by atoms with Crippen LogP contribution in [0.4, 0.5) is 0 Å². The standard InChI is InChI=1S/C28H28N4O2S2/c1-17(2)22-15-21-23(16-34-22)36-26-24(21)25(33)31(20-11-9-18(3)10-12-20)27-29-30-28(32(26)27)35-14-13-19-7-5-4-6-8-19/h4-12,17,22H,13-16H2,1-3H3/t22-/m0/s1. The first-order valence-electron chi connectivity index (χ1n) is 12.3. The molecule has 5 aromatic rings. The Bertz CT molecular complexity index is 1600. The van der Waals surface area contributed by atoms with E-state index in [1.807, 2.05) is 37.3 Å². The number of thioether (sulfide) groups is 1. The maximum Gasteiger partial charge on any atom is 0.268 e. The minimum Gasteiger partial charge on any atom is -0.372 e. The molecule has 8 heteroatoms. The van der Waals surface area contributed by atoms with E-state index in [1.54, 1.807) is 27.7 Å². The monoisotopic (exact) mass is 516 g/mol. The van der Waals surface area contributed by atoms with Gasteiger partial charge in [0.15, 0.2) is 5.16 Å². The molecule has 3 aromatic heterocycles. The fraction of sp³-hybridized carbons (Fsp3) is 0.321. The van der Waals surface area contributed by atoms with Crippen LogP contribution in [-0.4, -0.2) is 31.0 Å². The van der Waals surface area contributed by atoms with Crippen molar-refractivity contribution in [3.63, 3.8) is 0 Å². The molecule has 1 aliphatic heterocycles. The molecule has 1 aliphatic rings. The van der Waals surface area contributed by atoms with Crippen LogP contribution in [0.25, 0.3) is 21.7 Å². The largest absolute Gasteiger partial charge is 0.372 e. The van der Waals surface area contributed by atoms with Gasteiger partial charge in [-0.2, -0.15) is 0 Å². The third-order valence-electron chi connectivity index (χ3n) is 6.84. The highest BCUT2D eigenvalue weighted by atomic mass is 32.2. The highest BCUT2D eigenvalue weighted by Gasteiger charge is 2.30. The third kappa shape index (κ3) is 4.07. The first-order chi connectivity index (χ1) is 17.5. The SMILES string of the molecule is Cc1ccc(-n2c(=O)c3c4c(sc3n3c(SCCc5ccccc5)nnc23)CO[C@H](C(C)C)C4)cc1. The van der Waals surface area contributed by atoms with Gasteiger partial charge in [0.1, 0.15) is 4.83 Å². The van der Waals surface area contributed by atoms with Crippen molar-refractivity contribution in [2.45, 2.75) is 51.5 Å². The lowest BCUT2D eigenvalue weighted by Gasteiger charge is -2.26. The van der Waals surface area contributed by atoms with Gasteiger partial charge in [0.2, 0.25) is 5.78 Å². The van der Waals surface area contributed by atoms with Gasteiger partial charge in [0, 0.05) is 17.1 Å². The van der Waals surface area contributed by atoms with Gasteiger partial charge in [0.05, 0.1) is 23.8 Å². The van der Waals surface area contributed by atoms with E-state index in [1.165, 1.54) is 5.56 Å². The lowest BCUT2D eigenvalue weighted by Crippen LogP contribution is -2.28. The van der Waals surface area contributed by atoms with Gasteiger partial charge in [-0.3, -0.25) is 4.79 Å². The fourth-order valence-corrected chi connectivity index (χ4v) is 7.01. The van der Waals surface area contributed by atoms with Gasteiger partial charge in [-0.25, -0.2) is 8.97 Å². The van der Waals surface area contributed by atoms with Gasteiger partial charge >= 0.3 is 0 Å². The van der Waals surface area contributed by atoms with Gasteiger partial charge in [-0.1, -0.05) is 73.6 Å². The van der Waals surface area contributed by atoms with Crippen molar-refractivity contribution in [3.8, 4) is 5.69 Å². The molecule has 36 heavy (non-hydrogen) atoms. The van der Waals surface area contributed by atoms with Crippen molar-refractivity contribution in [3.05, 3.63) is 86.5 Å². The molecule has 0 unspecified atom stereocenters. The van der Waals surface area contributed by atoms with E-state index < -0.39 is 0 Å². The molecule has 0 spiro atoms. The number of fused-ring (bicyclic) bond motifs is 5. The molecule has 0 saturated heterocycles. The summed E-state index contributed by atoms with van der Waals surface area (Å²) in [6.07, 6.45) is 1.80. The first kappa shape index (κ1) is 23.5. The van der Waals surface area contributed by atoms with Crippen molar-refractivity contribution in [1.29, 1.82) is 0 Å². The van der Waals surface area contributed by atoms with Crippen LogP contribution in [0.5, 0.6) is 0 Å². The Morgan fingerprint density at radius 3 is 2.64 bits per heavy atom. The summed E-state index contributed by atoms with van der Waals surface area (Å²) < 4.78 is 9.96. The Balaban J connectivity index is 1.52. The summed E-state index contributed by atoms with van der Waals surface area (Å²) in [7, 11) is 0. The smallest absolute Gasteiger partial charge is 0.268 e. The molecule has 2 aromatic carbocycles. The van der Waals surface area contributed by atoms with Crippen molar-refractivity contribution >= 4 is 39.1 Å². The Kier molecular flexibility index (Phi) is 6.19. The molecular weight excluding hydrogens is 488 g/mol. The lowest BCUT2D eigenvalue weighted by molar-refractivity contribution is 0.00200. The molecule has 184 valence electrons. The highest BCUT2D eigenvalue weighted by Crippen LogP contribution is 2.37. The van der Waals surface area contributed by atoms with E-state index in [0.717, 1.165) is 55.7 Å². The first-order valence-corrected chi connectivity index (χ1v) is 14.1. The number of hydrogen-bond donors (Lipinski definition) is 0. The van der Waals surface area contributed by atoms with Gasteiger partial charge < -0.3 is 4.74 Å². The van der Waals surface area contributed by atoms with E-state index in [-0.39, 0.29) is 11.7 Å². The van der Waals surface area contributed by atoms with E-state index in [4.69, 9.17) is 4.74 Å². The number of hydrogen-bond acceptors (Lipinski definition) is 6. The minimum atomic E-state index is -0.0310. The maximum atomic E-state index is 14.1. The van der Waals surface area contributed by atoms with Crippen LogP contribution >= 0.6 is 23.1 Å². The van der Waals surface area contributed by atoms with Gasteiger partial charge in [-0.15, -0.1) is 21.5 Å². The van der Waals surface area contributed by atoms with Gasteiger partial charge in [-0.05, 0) is 42.5 Å². The number of ether oxygens (including phenoxy) is 1. The summed E-state index contributed by atoms with van der Waals surface area (Å²) in [6.45, 7) is 6.94. The van der Waals surface area contributed by atoms with Crippen LogP contribution in [0.1, 0.15) is 35.4 Å². The predicted molar refractivity (Wildman–Crippen MR) is 147 cm³/mol. The number of rotatable bonds is 6. The number of nitrogens with zero attached hydrogens (tertiary/aromatic N) is 4. The molecule has 4 heterocycles. The van der Waals surface area contributed by atoms with Gasteiger partial charge in [0.25, 0.3) is 5.56 Å². The predicted octanol–water partition coefficient (Wildman–Crippen LogP) is 5.84. The normalized spacial score (nSPS) is 15.7. The topological polar surface area (TPSA) is 61.4 Å². The highest BCUT2D eigenvalue weighted by molar-refractivity contribution is 7.99. The second kappa shape index (κ2) is 9.50. The molecule has 1 atom stereocenters. The van der Waals surface area contributed by atoms with Crippen LogP contribution < -0.4 is 5.56 Å². The Morgan fingerprint density at radius 2 is 1.89 bits per heavy atom. The van der Waals surface area contributed by atoms with Crippen LogP contribution in [0.15, 0.2) is 64.5 Å². The fourth-order valence-electron chi connectivity index (χ4n) is 4.79. The van der Waals surface area contributed by atoms with Crippen molar-refractivity contribution in [2.75, 3.05) is 5.75 Å². The molecule has 0 N–H and O–H groups in total. The summed E-state index contributed by atoms with van der Waals surface area (Å²) in [5.41, 5.74) is 4.34. The summed E-state index contributed by atoms with van der Waals surface area (Å²) >= 11 is 3.32. The van der Waals surface area contributed by atoms with Crippen LogP contribution in [0.2, 0.25) is 0 Å². The lowest BCUT2D eigenvalue weighted by atomic mass is 9.96. The van der Waals surface area contributed by atoms with E-state index >= 15 is 0 Å². The Labute approximate surface area is 217 Å². The quantitative estimate of drug-likeness (QED) is 0.266. The third-order valence-corrected chi connectivity index (χ3v) is 8.96. The molecule has 0 aliphatic carbocycles. The second-order valence-corrected chi connectivity index (χ2v) is 11.8. The summed E-state index contributed by atoms with van der Waals surface area (Å²) in [5.74, 6) is 1.81. The van der Waals surface area contributed by atoms with Crippen molar-refractivity contribution in [2.24, 2.45) is 5.92 Å². The minimum absolute atomic E-state index is 0.0310. The molecule has 0 amide bonds. The zero-order chi connectivity index (χ0) is 24.8. The number of aromatic nitrogens is 4. The second-order valence-electron chi connectivity index (χ2n) is 9.66. The average Bonchev–Trinajstić information content (AvgIpc) is 3.47. The average molecular weight is 517 g/mol. The summed E-state index contributed by atoms with van der Waals surface area (Å²) in [6, 6.07) is 18.5. The Morgan fingerprint density at radius 1 is 1.11 bits per heavy atom. The summed E-state index contributed by atoms with van der Waals surface area (Å²) in [5, 5.41) is 10.7. The van der Waals surface area contributed by atoms with E-state index in [2.05, 4.69) is 52.7 Å². The molecular formula is C28H28N4O2S2. The van der Waals surface area contributed by atoms with Crippen LogP contribution in [0, 0.1) is 12.8 Å². The zero-order valence-electron chi connectivity index (χ0n) is 20.6. The molecule has 0 bridgehead atoms. The van der Waals surface area contributed by atoms with Crippen LogP contribution in [-0.2, 0) is 24.2 Å². The van der Waals surface area contributed by atoms with E-state index in [9.17, 15) is 4.79 Å². The summed E-state index contributed by atoms with van der Waals surface area (Å²) in [4.78, 5) is 16.1. The number of benzene rings is 2. The molecule has 6 rings (SSSR count). The van der Waals surface area contributed by atoms with E-state index in [0.29, 0.717) is 18.3 Å². The van der Waals surface area contributed by atoms with Crippen molar-refractivity contribution < 1.29 is 4.74 Å².